The normalized spacial score (nSPS) is 12.7. The highest BCUT2D eigenvalue weighted by Gasteiger charge is 2.12. The van der Waals surface area contributed by atoms with E-state index in [2.05, 4.69) is 33.5 Å². The van der Waals surface area contributed by atoms with Crippen LogP contribution in [0.1, 0.15) is 17.2 Å². The number of nitrogen functional groups attached to an aromatic ring is 1. The van der Waals surface area contributed by atoms with Crippen LogP contribution in [0.5, 0.6) is 0 Å². The Morgan fingerprint density at radius 1 is 1.16 bits per heavy atom. The van der Waals surface area contributed by atoms with Gasteiger partial charge in [-0.15, -0.1) is 0 Å². The van der Waals surface area contributed by atoms with Gasteiger partial charge in [0.2, 0.25) is 0 Å². The highest BCUT2D eigenvalue weighted by atomic mass is 14.9. The van der Waals surface area contributed by atoms with Gasteiger partial charge < -0.3 is 16.0 Å². The summed E-state index contributed by atoms with van der Waals surface area (Å²) in [6.45, 7) is 0. The third-order valence-electron chi connectivity index (χ3n) is 3.31. The van der Waals surface area contributed by atoms with Gasteiger partial charge in [0.25, 0.3) is 0 Å². The Morgan fingerprint density at radius 3 is 2.79 bits per heavy atom. The summed E-state index contributed by atoms with van der Waals surface area (Å²) in [6.07, 6.45) is 1.71. The average Bonchev–Trinajstić information content (AvgIpc) is 2.87. The third-order valence-corrected chi connectivity index (χ3v) is 3.31. The van der Waals surface area contributed by atoms with Crippen LogP contribution in [0.25, 0.3) is 11.0 Å². The number of aromatic nitrogens is 2. The van der Waals surface area contributed by atoms with E-state index in [0.717, 1.165) is 22.3 Å². The molecule has 0 aliphatic rings. The number of hydrogen-bond donors (Lipinski definition) is 3. The predicted molar refractivity (Wildman–Crippen MR) is 77.9 cm³/mol. The van der Waals surface area contributed by atoms with Gasteiger partial charge in [0.05, 0.1) is 23.4 Å². The maximum atomic E-state index is 5.86. The lowest BCUT2D eigenvalue weighted by Gasteiger charge is -2.17. The topological polar surface area (TPSA) is 66.7 Å². The van der Waals surface area contributed by atoms with Crippen molar-refractivity contribution in [3.05, 3.63) is 59.9 Å². The molecule has 1 unspecified atom stereocenters. The van der Waals surface area contributed by atoms with Gasteiger partial charge in [0.1, 0.15) is 0 Å². The molecule has 4 N–H and O–H groups in total. The molecule has 0 saturated heterocycles. The minimum atomic E-state index is 0.121. The molecule has 2 aromatic carbocycles. The van der Waals surface area contributed by atoms with Crippen LogP contribution in [0.4, 0.5) is 5.69 Å². The van der Waals surface area contributed by atoms with Gasteiger partial charge in [-0.2, -0.15) is 0 Å². The highest BCUT2D eigenvalue weighted by Crippen LogP contribution is 2.25. The summed E-state index contributed by atoms with van der Waals surface area (Å²) in [5.74, 6) is 0. The minimum absolute atomic E-state index is 0.121. The molecular weight excluding hydrogens is 236 g/mol. The van der Waals surface area contributed by atoms with E-state index in [-0.39, 0.29) is 6.04 Å². The zero-order valence-corrected chi connectivity index (χ0v) is 10.7. The lowest BCUT2D eigenvalue weighted by Crippen LogP contribution is -2.17. The van der Waals surface area contributed by atoms with Crippen molar-refractivity contribution >= 4 is 16.7 Å². The van der Waals surface area contributed by atoms with Crippen molar-refractivity contribution in [1.82, 2.24) is 15.3 Å². The molecule has 0 fully saturated rings. The summed E-state index contributed by atoms with van der Waals surface area (Å²) in [6, 6.07) is 14.3. The number of benzene rings is 2. The Bertz CT molecular complexity index is 702. The minimum Gasteiger partial charge on any atom is -0.399 e. The first-order chi connectivity index (χ1) is 9.28. The number of hydrogen-bond acceptors (Lipinski definition) is 3. The standard InChI is InChI=1S/C15H16N4/c1-17-15(10-3-2-4-12(16)7-10)11-5-6-13-14(8-11)19-9-18-13/h2-9,15,17H,16H2,1H3,(H,18,19). The first-order valence-electron chi connectivity index (χ1n) is 6.23. The molecule has 0 bridgehead atoms. The van der Waals surface area contributed by atoms with E-state index in [1.807, 2.05) is 31.3 Å². The van der Waals surface area contributed by atoms with Crippen molar-refractivity contribution < 1.29 is 0 Å². The van der Waals surface area contributed by atoms with Crippen LogP contribution < -0.4 is 11.1 Å². The second-order valence-electron chi connectivity index (χ2n) is 4.57. The molecule has 1 atom stereocenters. The zero-order valence-electron chi connectivity index (χ0n) is 10.7. The van der Waals surface area contributed by atoms with E-state index in [1.165, 1.54) is 5.56 Å². The molecule has 1 heterocycles. The molecule has 0 saturated carbocycles. The molecule has 3 aromatic rings. The Morgan fingerprint density at radius 2 is 2.00 bits per heavy atom. The van der Waals surface area contributed by atoms with Crippen molar-refractivity contribution in [2.24, 2.45) is 0 Å². The summed E-state index contributed by atoms with van der Waals surface area (Å²) in [7, 11) is 1.95. The van der Waals surface area contributed by atoms with Crippen molar-refractivity contribution in [3.63, 3.8) is 0 Å². The SMILES string of the molecule is CNC(c1cccc(N)c1)c1ccc2nc[nH]c2c1. The molecule has 0 radical (unpaired) electrons. The lowest BCUT2D eigenvalue weighted by molar-refractivity contribution is 0.693. The molecule has 3 rings (SSSR count). The lowest BCUT2D eigenvalue weighted by atomic mass is 9.98. The first-order valence-corrected chi connectivity index (χ1v) is 6.23. The quantitative estimate of drug-likeness (QED) is 0.627. The average molecular weight is 252 g/mol. The second-order valence-corrected chi connectivity index (χ2v) is 4.57. The number of nitrogens with one attached hydrogen (secondary N) is 2. The van der Waals surface area contributed by atoms with Gasteiger partial charge >= 0.3 is 0 Å². The summed E-state index contributed by atoms with van der Waals surface area (Å²) in [5.41, 5.74) is 11.0. The summed E-state index contributed by atoms with van der Waals surface area (Å²) in [5, 5.41) is 3.33. The van der Waals surface area contributed by atoms with Gasteiger partial charge in [-0.3, -0.25) is 0 Å². The molecule has 4 nitrogen and oxygen atoms in total. The Balaban J connectivity index is 2.06. The van der Waals surface area contributed by atoms with E-state index in [4.69, 9.17) is 5.73 Å². The van der Waals surface area contributed by atoms with E-state index < -0.39 is 0 Å². The number of fused-ring (bicyclic) bond motifs is 1. The monoisotopic (exact) mass is 252 g/mol. The van der Waals surface area contributed by atoms with Crippen LogP contribution in [0.15, 0.2) is 48.8 Å². The van der Waals surface area contributed by atoms with Crippen molar-refractivity contribution in [2.45, 2.75) is 6.04 Å². The molecule has 0 aliphatic carbocycles. The molecule has 4 heteroatoms. The van der Waals surface area contributed by atoms with Gasteiger partial charge in [-0.25, -0.2) is 4.98 Å². The maximum absolute atomic E-state index is 5.86. The second kappa shape index (κ2) is 4.74. The van der Waals surface area contributed by atoms with Gasteiger partial charge in [-0.05, 0) is 42.4 Å². The number of H-pyrrole nitrogens is 1. The number of nitrogens with two attached hydrogens (primary N) is 1. The fraction of sp³-hybridized carbons (Fsp3) is 0.133. The Hall–Kier alpha value is -2.33. The number of imidazole rings is 1. The smallest absolute Gasteiger partial charge is 0.0931 e. The van der Waals surface area contributed by atoms with Gasteiger partial charge in [-0.1, -0.05) is 18.2 Å². The number of anilines is 1. The van der Waals surface area contributed by atoms with E-state index in [1.54, 1.807) is 6.33 Å². The third kappa shape index (κ3) is 2.18. The van der Waals surface area contributed by atoms with Gasteiger partial charge in [0, 0.05) is 5.69 Å². The van der Waals surface area contributed by atoms with Crippen molar-refractivity contribution in [1.29, 1.82) is 0 Å². The molecule has 1 aromatic heterocycles. The summed E-state index contributed by atoms with van der Waals surface area (Å²) < 4.78 is 0. The van der Waals surface area contributed by atoms with Crippen LogP contribution >= 0.6 is 0 Å². The fourth-order valence-corrected chi connectivity index (χ4v) is 2.40. The number of nitrogens with zero attached hydrogens (tertiary/aromatic N) is 1. The van der Waals surface area contributed by atoms with E-state index in [9.17, 15) is 0 Å². The molecule has 19 heavy (non-hydrogen) atoms. The van der Waals surface area contributed by atoms with Gasteiger partial charge in [0.15, 0.2) is 0 Å². The number of aromatic amines is 1. The van der Waals surface area contributed by atoms with Crippen LogP contribution in [-0.4, -0.2) is 17.0 Å². The van der Waals surface area contributed by atoms with Crippen molar-refractivity contribution in [3.8, 4) is 0 Å². The van der Waals surface area contributed by atoms with Crippen LogP contribution in [0, 0.1) is 0 Å². The molecule has 0 spiro atoms. The largest absolute Gasteiger partial charge is 0.399 e. The Kier molecular flexibility index (Phi) is 2.93. The van der Waals surface area contributed by atoms with Crippen LogP contribution in [0.3, 0.4) is 0 Å². The van der Waals surface area contributed by atoms with Crippen molar-refractivity contribution in [2.75, 3.05) is 12.8 Å². The molecular formula is C15H16N4. The van der Waals surface area contributed by atoms with E-state index in [0.29, 0.717) is 0 Å². The van der Waals surface area contributed by atoms with Crippen LogP contribution in [0.2, 0.25) is 0 Å². The molecule has 0 amide bonds. The summed E-state index contributed by atoms with van der Waals surface area (Å²) in [4.78, 5) is 7.37. The summed E-state index contributed by atoms with van der Waals surface area (Å²) >= 11 is 0. The Labute approximate surface area is 111 Å². The van der Waals surface area contributed by atoms with E-state index >= 15 is 0 Å². The zero-order chi connectivity index (χ0) is 13.2. The highest BCUT2D eigenvalue weighted by molar-refractivity contribution is 5.75. The molecule has 0 aliphatic heterocycles. The fourth-order valence-electron chi connectivity index (χ4n) is 2.40. The first kappa shape index (κ1) is 11.7. The number of rotatable bonds is 3. The predicted octanol–water partition coefficient (Wildman–Crippen LogP) is 2.45. The maximum Gasteiger partial charge on any atom is 0.0931 e. The van der Waals surface area contributed by atoms with Crippen LogP contribution in [-0.2, 0) is 0 Å². The molecule has 96 valence electrons.